The van der Waals surface area contributed by atoms with Crippen LogP contribution in [0, 0.1) is 6.92 Å². The van der Waals surface area contributed by atoms with Gasteiger partial charge in [0.1, 0.15) is 10.8 Å². The lowest BCUT2D eigenvalue weighted by molar-refractivity contribution is 0.414. The van der Waals surface area contributed by atoms with Crippen LogP contribution in [0.3, 0.4) is 0 Å². The molecule has 0 saturated heterocycles. The number of nitrogens with one attached hydrogen (secondary N) is 1. The minimum Gasteiger partial charge on any atom is -0.497 e. The van der Waals surface area contributed by atoms with Crippen molar-refractivity contribution in [2.45, 2.75) is 37.0 Å². The molecular weight excluding hydrogens is 374 g/mol. The van der Waals surface area contributed by atoms with Crippen molar-refractivity contribution in [2.24, 2.45) is 0 Å². The normalized spacial score (nSPS) is 14.8. The van der Waals surface area contributed by atoms with Crippen molar-refractivity contribution in [1.82, 2.24) is 24.5 Å². The van der Waals surface area contributed by atoms with Crippen LogP contribution in [-0.4, -0.2) is 41.9 Å². The molecule has 1 N–H and O–H groups in total. The van der Waals surface area contributed by atoms with Gasteiger partial charge in [-0.25, -0.2) is 13.1 Å². The molecular formula is C16H19N5O3S2. The molecule has 1 aromatic carbocycles. The van der Waals surface area contributed by atoms with E-state index in [1.54, 1.807) is 36.7 Å². The second-order valence-corrected chi connectivity index (χ2v) is 9.08. The lowest BCUT2D eigenvalue weighted by atomic mass is 10.2. The lowest BCUT2D eigenvalue weighted by Gasteiger charge is -2.10. The van der Waals surface area contributed by atoms with Gasteiger partial charge in [-0.05, 0) is 43.5 Å². The number of aryl methyl sites for hydroxylation is 1. The molecule has 0 aliphatic heterocycles. The van der Waals surface area contributed by atoms with Crippen LogP contribution in [0.4, 0.5) is 0 Å². The van der Waals surface area contributed by atoms with E-state index in [-0.39, 0.29) is 11.4 Å². The number of fused-ring (bicyclic) bond motifs is 1. The van der Waals surface area contributed by atoms with Crippen LogP contribution < -0.4 is 9.46 Å². The fourth-order valence-corrected chi connectivity index (χ4v) is 4.89. The SMILES string of the molecule is COc1ccc(S(=O)(=O)NCCc2nn3c(C4CC4)nnc3s2)c(C)c1. The smallest absolute Gasteiger partial charge is 0.240 e. The van der Waals surface area contributed by atoms with Gasteiger partial charge in [0.25, 0.3) is 0 Å². The number of nitrogens with zero attached hydrogens (tertiary/aromatic N) is 4. The molecule has 138 valence electrons. The molecule has 2 heterocycles. The summed E-state index contributed by atoms with van der Waals surface area (Å²) in [6.07, 6.45) is 2.77. The highest BCUT2D eigenvalue weighted by atomic mass is 32.2. The van der Waals surface area contributed by atoms with Gasteiger partial charge >= 0.3 is 0 Å². The number of rotatable bonds is 7. The van der Waals surface area contributed by atoms with Crippen LogP contribution in [0.1, 0.15) is 35.2 Å². The zero-order chi connectivity index (χ0) is 18.3. The van der Waals surface area contributed by atoms with Crippen LogP contribution >= 0.6 is 11.3 Å². The second kappa shape index (κ2) is 6.60. The maximum absolute atomic E-state index is 12.5. The fraction of sp³-hybridized carbons (Fsp3) is 0.438. The summed E-state index contributed by atoms with van der Waals surface area (Å²) in [6.45, 7) is 2.02. The van der Waals surface area contributed by atoms with Gasteiger partial charge in [-0.2, -0.15) is 9.61 Å². The van der Waals surface area contributed by atoms with E-state index in [1.807, 2.05) is 0 Å². The molecule has 0 atom stereocenters. The summed E-state index contributed by atoms with van der Waals surface area (Å²) >= 11 is 1.44. The molecule has 1 aliphatic carbocycles. The van der Waals surface area contributed by atoms with Crippen LogP contribution in [0.5, 0.6) is 5.75 Å². The van der Waals surface area contributed by atoms with E-state index in [0.29, 0.717) is 23.7 Å². The predicted molar refractivity (Wildman–Crippen MR) is 97.3 cm³/mol. The Bertz CT molecular complexity index is 1050. The van der Waals surface area contributed by atoms with Gasteiger partial charge in [0, 0.05) is 18.9 Å². The van der Waals surface area contributed by atoms with Crippen molar-refractivity contribution in [1.29, 1.82) is 0 Å². The largest absolute Gasteiger partial charge is 0.497 e. The van der Waals surface area contributed by atoms with Crippen LogP contribution in [0.2, 0.25) is 0 Å². The second-order valence-electron chi connectivity index (χ2n) is 6.30. The molecule has 1 saturated carbocycles. The van der Waals surface area contributed by atoms with E-state index in [2.05, 4.69) is 20.0 Å². The van der Waals surface area contributed by atoms with E-state index >= 15 is 0 Å². The van der Waals surface area contributed by atoms with E-state index in [9.17, 15) is 8.42 Å². The third-order valence-electron chi connectivity index (χ3n) is 4.30. The Morgan fingerprint density at radius 3 is 2.85 bits per heavy atom. The van der Waals surface area contributed by atoms with Crippen molar-refractivity contribution in [2.75, 3.05) is 13.7 Å². The number of hydrogen-bond acceptors (Lipinski definition) is 7. The Labute approximate surface area is 155 Å². The van der Waals surface area contributed by atoms with Crippen molar-refractivity contribution < 1.29 is 13.2 Å². The average molecular weight is 393 g/mol. The third-order valence-corrected chi connectivity index (χ3v) is 6.88. The summed E-state index contributed by atoms with van der Waals surface area (Å²) in [5.41, 5.74) is 0.643. The Balaban J connectivity index is 1.43. The molecule has 1 aliphatic rings. The molecule has 1 fully saturated rings. The van der Waals surface area contributed by atoms with Crippen LogP contribution in [0.25, 0.3) is 4.96 Å². The number of hydrogen-bond donors (Lipinski definition) is 1. The maximum Gasteiger partial charge on any atom is 0.240 e. The van der Waals surface area contributed by atoms with Gasteiger partial charge in [-0.3, -0.25) is 0 Å². The van der Waals surface area contributed by atoms with Gasteiger partial charge in [0.15, 0.2) is 5.82 Å². The first-order valence-electron chi connectivity index (χ1n) is 8.33. The Morgan fingerprint density at radius 1 is 1.35 bits per heavy atom. The van der Waals surface area contributed by atoms with Crippen molar-refractivity contribution >= 4 is 26.3 Å². The molecule has 0 amide bonds. The van der Waals surface area contributed by atoms with E-state index in [0.717, 1.165) is 28.6 Å². The average Bonchev–Trinajstić information content (AvgIpc) is 3.24. The van der Waals surface area contributed by atoms with Gasteiger partial charge in [-0.15, -0.1) is 10.2 Å². The maximum atomic E-state index is 12.5. The highest BCUT2D eigenvalue weighted by Crippen LogP contribution is 2.39. The lowest BCUT2D eigenvalue weighted by Crippen LogP contribution is -2.26. The van der Waals surface area contributed by atoms with E-state index in [4.69, 9.17) is 4.74 Å². The quantitative estimate of drug-likeness (QED) is 0.658. The minimum atomic E-state index is -3.58. The summed E-state index contributed by atoms with van der Waals surface area (Å²) in [4.78, 5) is 1.02. The zero-order valence-electron chi connectivity index (χ0n) is 14.5. The monoisotopic (exact) mass is 393 g/mol. The number of aromatic nitrogens is 4. The molecule has 8 nitrogen and oxygen atoms in total. The summed E-state index contributed by atoms with van der Waals surface area (Å²) < 4.78 is 34.6. The summed E-state index contributed by atoms with van der Waals surface area (Å²) in [6, 6.07) is 4.90. The van der Waals surface area contributed by atoms with E-state index in [1.165, 1.54) is 11.3 Å². The fourth-order valence-electron chi connectivity index (χ4n) is 2.79. The first-order valence-corrected chi connectivity index (χ1v) is 10.6. The minimum absolute atomic E-state index is 0.257. The molecule has 26 heavy (non-hydrogen) atoms. The highest BCUT2D eigenvalue weighted by Gasteiger charge is 2.30. The zero-order valence-corrected chi connectivity index (χ0v) is 16.1. The highest BCUT2D eigenvalue weighted by molar-refractivity contribution is 7.89. The van der Waals surface area contributed by atoms with Crippen LogP contribution in [-0.2, 0) is 16.4 Å². The van der Waals surface area contributed by atoms with Gasteiger partial charge in [0.05, 0.1) is 12.0 Å². The molecule has 2 aromatic heterocycles. The molecule has 4 rings (SSSR count). The number of benzene rings is 1. The van der Waals surface area contributed by atoms with Gasteiger partial charge in [0.2, 0.25) is 15.0 Å². The number of ether oxygens (including phenoxy) is 1. The van der Waals surface area contributed by atoms with Gasteiger partial charge < -0.3 is 4.74 Å². The third kappa shape index (κ3) is 3.31. The van der Waals surface area contributed by atoms with E-state index < -0.39 is 10.0 Å². The Hall–Kier alpha value is -2.04. The van der Waals surface area contributed by atoms with Crippen LogP contribution in [0.15, 0.2) is 23.1 Å². The standard InChI is InChI=1S/C16H19N5O3S2/c1-10-9-12(24-2)5-6-13(10)26(22,23)17-8-7-14-20-21-15(11-3-4-11)18-19-16(21)25-14/h5-6,9,11,17H,3-4,7-8H2,1-2H3. The molecule has 0 radical (unpaired) electrons. The van der Waals surface area contributed by atoms with Crippen molar-refractivity contribution in [3.05, 3.63) is 34.6 Å². The first-order chi connectivity index (χ1) is 12.5. The summed E-state index contributed by atoms with van der Waals surface area (Å²) in [5, 5.41) is 13.7. The molecule has 0 bridgehead atoms. The summed E-state index contributed by atoms with van der Waals surface area (Å²) in [5.74, 6) is 2.01. The molecule has 0 unspecified atom stereocenters. The predicted octanol–water partition coefficient (Wildman–Crippen LogP) is 1.90. The Kier molecular flexibility index (Phi) is 4.41. The summed E-state index contributed by atoms with van der Waals surface area (Å²) in [7, 11) is -2.03. The van der Waals surface area contributed by atoms with Gasteiger partial charge in [-0.1, -0.05) is 11.3 Å². The molecule has 0 spiro atoms. The van der Waals surface area contributed by atoms with Crippen molar-refractivity contribution in [3.63, 3.8) is 0 Å². The topological polar surface area (TPSA) is 98.5 Å². The Morgan fingerprint density at radius 2 is 2.15 bits per heavy atom. The van der Waals surface area contributed by atoms with Crippen molar-refractivity contribution in [3.8, 4) is 5.75 Å². The number of sulfonamides is 1. The molecule has 10 heteroatoms. The molecule has 3 aromatic rings. The first kappa shape index (κ1) is 17.4. The number of methoxy groups -OCH3 is 1.